The van der Waals surface area contributed by atoms with Crippen LogP contribution in [0, 0.1) is 0 Å². The topological polar surface area (TPSA) is 105 Å². The molecule has 0 bridgehead atoms. The first kappa shape index (κ1) is 36.0. The normalized spacial score (nSPS) is 13.0. The molecule has 4 aromatic carbocycles. The van der Waals surface area contributed by atoms with Gasteiger partial charge in [0.2, 0.25) is 0 Å². The monoisotopic (exact) mass is 640 g/mol. The fourth-order valence-corrected chi connectivity index (χ4v) is 6.18. The lowest BCUT2D eigenvalue weighted by atomic mass is 9.86. The Morgan fingerprint density at radius 2 is 1.43 bits per heavy atom. The molecule has 0 saturated carbocycles. The zero-order valence-electron chi connectivity index (χ0n) is 28.3. The number of ether oxygens (including phenoxy) is 1. The van der Waals surface area contributed by atoms with Gasteiger partial charge < -0.3 is 30.5 Å². The van der Waals surface area contributed by atoms with Gasteiger partial charge in [-0.3, -0.25) is 4.90 Å². The fraction of sp³-hybridized carbons (Fsp3) is 0.400. The van der Waals surface area contributed by atoms with Crippen molar-refractivity contribution >= 4 is 0 Å². The summed E-state index contributed by atoms with van der Waals surface area (Å²) < 4.78 is 6.09. The molecule has 252 valence electrons. The van der Waals surface area contributed by atoms with Crippen LogP contribution in [0.15, 0.2) is 91.0 Å². The van der Waals surface area contributed by atoms with Gasteiger partial charge in [-0.15, -0.1) is 0 Å². The summed E-state index contributed by atoms with van der Waals surface area (Å²) in [6.07, 6.45) is 1.72. The number of phenols is 2. The number of hydrogen-bond donors (Lipinski definition) is 5. The maximum atomic E-state index is 11.0. The Labute approximate surface area is 280 Å². The SMILES string of the molecule is CC(C)N(CC[C@H](c1ccccc1)c1cc(CCOc2ccc(CCNC[C@H](O)c3ccc(O)c(CO)c3)cc2)ccc1O)C(C)C. The predicted octanol–water partition coefficient (Wildman–Crippen LogP) is 6.72. The van der Waals surface area contributed by atoms with Gasteiger partial charge in [0, 0.05) is 42.1 Å². The third-order valence-corrected chi connectivity index (χ3v) is 8.84. The first-order chi connectivity index (χ1) is 22.7. The largest absolute Gasteiger partial charge is 0.508 e. The number of nitrogens with zero attached hydrogens (tertiary/aromatic N) is 1. The number of rotatable bonds is 18. The molecule has 0 saturated heterocycles. The summed E-state index contributed by atoms with van der Waals surface area (Å²) in [6, 6.07) is 30.2. The van der Waals surface area contributed by atoms with Crippen molar-refractivity contribution in [2.75, 3.05) is 26.2 Å². The summed E-state index contributed by atoms with van der Waals surface area (Å²) in [4.78, 5) is 2.51. The Kier molecular flexibility index (Phi) is 13.7. The van der Waals surface area contributed by atoms with Gasteiger partial charge in [0.25, 0.3) is 0 Å². The Hall–Kier alpha value is -3.88. The van der Waals surface area contributed by atoms with E-state index in [1.165, 1.54) is 11.6 Å². The van der Waals surface area contributed by atoms with Gasteiger partial charge in [0.05, 0.1) is 19.3 Å². The van der Waals surface area contributed by atoms with Crippen LogP contribution in [0.25, 0.3) is 0 Å². The molecule has 4 aromatic rings. The van der Waals surface area contributed by atoms with E-state index in [1.54, 1.807) is 12.1 Å². The summed E-state index contributed by atoms with van der Waals surface area (Å²) in [5, 5.41) is 43.8. The highest BCUT2D eigenvalue weighted by molar-refractivity contribution is 5.44. The van der Waals surface area contributed by atoms with E-state index in [4.69, 9.17) is 4.74 Å². The van der Waals surface area contributed by atoms with Crippen LogP contribution < -0.4 is 10.1 Å². The quantitative estimate of drug-likeness (QED) is 0.0770. The summed E-state index contributed by atoms with van der Waals surface area (Å²) in [7, 11) is 0. The molecule has 2 atom stereocenters. The van der Waals surface area contributed by atoms with Gasteiger partial charge in [0.1, 0.15) is 17.2 Å². The van der Waals surface area contributed by atoms with Crippen molar-refractivity contribution in [3.8, 4) is 17.2 Å². The van der Waals surface area contributed by atoms with E-state index in [2.05, 4.69) is 80.4 Å². The second-order valence-corrected chi connectivity index (χ2v) is 12.8. The van der Waals surface area contributed by atoms with Gasteiger partial charge in [-0.1, -0.05) is 60.7 Å². The van der Waals surface area contributed by atoms with Crippen molar-refractivity contribution in [3.05, 3.63) is 124 Å². The molecule has 0 spiro atoms. The zero-order valence-corrected chi connectivity index (χ0v) is 28.3. The lowest BCUT2D eigenvalue weighted by Gasteiger charge is -2.32. The molecule has 7 heteroatoms. The van der Waals surface area contributed by atoms with Crippen molar-refractivity contribution < 1.29 is 25.2 Å². The molecular weight excluding hydrogens is 588 g/mol. The van der Waals surface area contributed by atoms with Gasteiger partial charge >= 0.3 is 0 Å². The lowest BCUT2D eigenvalue weighted by molar-refractivity contribution is 0.170. The van der Waals surface area contributed by atoms with Crippen LogP contribution in [0.4, 0.5) is 0 Å². The standard InChI is InChI=1S/C40H52N2O5/c1-28(2)42(29(3)4)22-19-36(32-8-6-5-7-9-32)37-24-31(12-16-39(37)45)20-23-47-35-14-10-30(11-15-35)18-21-41-26-40(46)33-13-17-38(44)34(25-33)27-43/h5-17,24-25,28-29,36,40-41,43-46H,18-23,26-27H2,1-4H3/t36-,40+/m1/s1. The van der Waals surface area contributed by atoms with Crippen LogP contribution in [-0.4, -0.2) is 63.7 Å². The van der Waals surface area contributed by atoms with Crippen molar-refractivity contribution in [3.63, 3.8) is 0 Å². The van der Waals surface area contributed by atoms with Crippen LogP contribution in [0.1, 0.15) is 79.5 Å². The predicted molar refractivity (Wildman–Crippen MR) is 189 cm³/mol. The third kappa shape index (κ3) is 10.6. The van der Waals surface area contributed by atoms with Gasteiger partial charge in [-0.2, -0.15) is 0 Å². The second-order valence-electron chi connectivity index (χ2n) is 12.8. The van der Waals surface area contributed by atoms with Crippen molar-refractivity contribution in [2.24, 2.45) is 0 Å². The highest BCUT2D eigenvalue weighted by Gasteiger charge is 2.22. The molecule has 0 aromatic heterocycles. The minimum absolute atomic E-state index is 0.0247. The maximum Gasteiger partial charge on any atom is 0.121 e. The van der Waals surface area contributed by atoms with Crippen molar-refractivity contribution in [1.82, 2.24) is 10.2 Å². The van der Waals surface area contributed by atoms with Crippen molar-refractivity contribution in [2.45, 2.75) is 77.7 Å². The highest BCUT2D eigenvalue weighted by Crippen LogP contribution is 2.35. The molecule has 0 unspecified atom stereocenters. The molecule has 47 heavy (non-hydrogen) atoms. The number of benzene rings is 4. The van der Waals surface area contributed by atoms with Gasteiger partial charge in [0.15, 0.2) is 0 Å². The third-order valence-electron chi connectivity index (χ3n) is 8.84. The van der Waals surface area contributed by atoms with Gasteiger partial charge in [-0.05, 0) is 106 Å². The highest BCUT2D eigenvalue weighted by atomic mass is 16.5. The number of aliphatic hydroxyl groups excluding tert-OH is 2. The number of aliphatic hydroxyl groups is 2. The molecule has 5 N–H and O–H groups in total. The molecular formula is C40H52N2O5. The molecule has 0 aliphatic carbocycles. The number of nitrogens with one attached hydrogen (secondary N) is 1. The second kappa shape index (κ2) is 17.9. The zero-order chi connectivity index (χ0) is 33.8. The van der Waals surface area contributed by atoms with Gasteiger partial charge in [-0.25, -0.2) is 0 Å². The fourth-order valence-electron chi connectivity index (χ4n) is 6.18. The first-order valence-corrected chi connectivity index (χ1v) is 16.8. The Bertz CT molecular complexity index is 1500. The van der Waals surface area contributed by atoms with E-state index in [0.717, 1.165) is 48.2 Å². The van der Waals surface area contributed by atoms with E-state index in [9.17, 15) is 20.4 Å². The number of aromatic hydroxyl groups is 2. The van der Waals surface area contributed by atoms with E-state index < -0.39 is 6.10 Å². The molecule has 7 nitrogen and oxygen atoms in total. The van der Waals surface area contributed by atoms with Crippen LogP contribution in [-0.2, 0) is 19.4 Å². The average Bonchev–Trinajstić information content (AvgIpc) is 3.07. The molecule has 0 amide bonds. The van der Waals surface area contributed by atoms with E-state index in [0.29, 0.717) is 48.7 Å². The average molecular weight is 641 g/mol. The van der Waals surface area contributed by atoms with E-state index in [1.807, 2.05) is 30.3 Å². The Balaban J connectivity index is 1.28. The number of hydrogen-bond acceptors (Lipinski definition) is 7. The van der Waals surface area contributed by atoms with Crippen LogP contribution in [0.3, 0.4) is 0 Å². The maximum absolute atomic E-state index is 11.0. The summed E-state index contributed by atoms with van der Waals surface area (Å²) in [5.74, 6) is 1.26. The van der Waals surface area contributed by atoms with Crippen molar-refractivity contribution in [1.29, 1.82) is 0 Å². The Morgan fingerprint density at radius 3 is 2.11 bits per heavy atom. The van der Waals surface area contributed by atoms with Crippen LogP contribution >= 0.6 is 0 Å². The summed E-state index contributed by atoms with van der Waals surface area (Å²) >= 11 is 0. The van der Waals surface area contributed by atoms with E-state index in [-0.39, 0.29) is 18.3 Å². The van der Waals surface area contributed by atoms with E-state index >= 15 is 0 Å². The molecule has 0 aliphatic heterocycles. The molecule has 0 fully saturated rings. The minimum atomic E-state index is -0.731. The molecule has 0 heterocycles. The first-order valence-electron chi connectivity index (χ1n) is 16.8. The Morgan fingerprint density at radius 1 is 0.745 bits per heavy atom. The lowest BCUT2D eigenvalue weighted by Crippen LogP contribution is -2.38. The van der Waals surface area contributed by atoms with Crippen LogP contribution in [0.2, 0.25) is 0 Å². The molecule has 0 aliphatic rings. The minimum Gasteiger partial charge on any atom is -0.508 e. The summed E-state index contributed by atoms with van der Waals surface area (Å²) in [5.41, 5.74) is 5.52. The molecule has 0 radical (unpaired) electrons. The number of phenolic OH excluding ortho intramolecular Hbond substituents is 1. The smallest absolute Gasteiger partial charge is 0.121 e. The molecule has 4 rings (SSSR count). The summed E-state index contributed by atoms with van der Waals surface area (Å²) in [6.45, 7) is 11.2. The van der Waals surface area contributed by atoms with Crippen LogP contribution in [0.5, 0.6) is 17.2 Å².